The molecule has 0 fully saturated rings. The van der Waals surface area contributed by atoms with Gasteiger partial charge in [-0.25, -0.2) is 0 Å². The molecular formula is C12H14N2. The number of aromatic amines is 1. The molecule has 0 aliphatic heterocycles. The highest BCUT2D eigenvalue weighted by atomic mass is 14.7. The number of hydrogen-bond acceptors (Lipinski definition) is 1. The van der Waals surface area contributed by atoms with Crippen LogP contribution in [0.3, 0.4) is 0 Å². The molecule has 0 bridgehead atoms. The average molecular weight is 186 g/mol. The van der Waals surface area contributed by atoms with Gasteiger partial charge < -0.3 is 4.98 Å². The predicted octanol–water partition coefficient (Wildman–Crippen LogP) is 3.37. The summed E-state index contributed by atoms with van der Waals surface area (Å²) in [5, 5.41) is 9.80. The number of hydrogen-bond donors (Lipinski definition) is 1. The minimum Gasteiger partial charge on any atom is -0.359 e. The molecule has 1 aromatic carbocycles. The van der Waals surface area contributed by atoms with Crippen LogP contribution in [0.2, 0.25) is 0 Å². The number of fused-ring (bicyclic) bond motifs is 1. The number of nitriles is 1. The summed E-state index contributed by atoms with van der Waals surface area (Å²) in [6, 6.07) is 9.82. The maximum absolute atomic E-state index is 8.64. The quantitative estimate of drug-likeness (QED) is 0.673. The van der Waals surface area contributed by atoms with Crippen molar-refractivity contribution in [3.63, 3.8) is 0 Å². The van der Waals surface area contributed by atoms with E-state index in [0.29, 0.717) is 5.56 Å². The zero-order valence-corrected chi connectivity index (χ0v) is 8.76. The van der Waals surface area contributed by atoms with Crippen molar-refractivity contribution in [3.8, 4) is 6.07 Å². The molecule has 0 saturated heterocycles. The number of benzene rings is 1. The normalized spacial score (nSPS) is 9.00. The second-order valence-electron chi connectivity index (χ2n) is 2.87. The molecule has 0 spiro atoms. The second kappa shape index (κ2) is 4.48. The van der Waals surface area contributed by atoms with Crippen LogP contribution in [-0.4, -0.2) is 4.98 Å². The zero-order chi connectivity index (χ0) is 10.6. The SMILES string of the molecule is CC.Cc1cc2ccc(C#N)cc2[nH]1. The first-order chi connectivity index (χ1) is 6.79. The first kappa shape index (κ1) is 10.3. The van der Waals surface area contributed by atoms with E-state index in [9.17, 15) is 0 Å². The Labute approximate surface area is 84.2 Å². The monoisotopic (exact) mass is 186 g/mol. The van der Waals surface area contributed by atoms with E-state index in [2.05, 4.69) is 17.1 Å². The minimum atomic E-state index is 0.698. The molecule has 0 atom stereocenters. The standard InChI is InChI=1S/C10H8N2.C2H6/c1-7-4-9-3-2-8(6-11)5-10(9)12-7;1-2/h2-5,12H,1H3;1-2H3. The fourth-order valence-electron chi connectivity index (χ4n) is 1.34. The zero-order valence-electron chi connectivity index (χ0n) is 8.76. The molecule has 2 rings (SSSR count). The van der Waals surface area contributed by atoms with Gasteiger partial charge in [0, 0.05) is 11.2 Å². The Kier molecular flexibility index (Phi) is 3.30. The Bertz CT molecular complexity index is 461. The third kappa shape index (κ3) is 1.94. The predicted molar refractivity (Wildman–Crippen MR) is 59.1 cm³/mol. The average Bonchev–Trinajstić information content (AvgIpc) is 2.59. The molecule has 2 aromatic rings. The van der Waals surface area contributed by atoms with Gasteiger partial charge >= 0.3 is 0 Å². The van der Waals surface area contributed by atoms with Gasteiger partial charge in [-0.2, -0.15) is 5.26 Å². The molecule has 2 nitrogen and oxygen atoms in total. The van der Waals surface area contributed by atoms with Crippen molar-refractivity contribution in [2.45, 2.75) is 20.8 Å². The fourth-order valence-corrected chi connectivity index (χ4v) is 1.34. The Morgan fingerprint density at radius 2 is 1.93 bits per heavy atom. The van der Waals surface area contributed by atoms with Crippen LogP contribution in [0, 0.1) is 18.3 Å². The number of aryl methyl sites for hydroxylation is 1. The molecular weight excluding hydrogens is 172 g/mol. The van der Waals surface area contributed by atoms with E-state index >= 15 is 0 Å². The summed E-state index contributed by atoms with van der Waals surface area (Å²) in [5.74, 6) is 0. The molecule has 72 valence electrons. The third-order valence-electron chi connectivity index (χ3n) is 1.89. The lowest BCUT2D eigenvalue weighted by Crippen LogP contribution is -1.73. The molecule has 0 radical (unpaired) electrons. The van der Waals surface area contributed by atoms with Crippen LogP contribution in [-0.2, 0) is 0 Å². The van der Waals surface area contributed by atoms with E-state index in [0.717, 1.165) is 16.6 Å². The lowest BCUT2D eigenvalue weighted by Gasteiger charge is -1.88. The van der Waals surface area contributed by atoms with Gasteiger partial charge in [-0.3, -0.25) is 0 Å². The van der Waals surface area contributed by atoms with E-state index in [1.165, 1.54) is 0 Å². The Morgan fingerprint density at radius 3 is 2.57 bits per heavy atom. The first-order valence-corrected chi connectivity index (χ1v) is 4.79. The van der Waals surface area contributed by atoms with Gasteiger partial charge in [-0.15, -0.1) is 0 Å². The van der Waals surface area contributed by atoms with E-state index < -0.39 is 0 Å². The molecule has 2 heteroatoms. The van der Waals surface area contributed by atoms with Crippen LogP contribution in [0.4, 0.5) is 0 Å². The van der Waals surface area contributed by atoms with Gasteiger partial charge in [0.1, 0.15) is 0 Å². The van der Waals surface area contributed by atoms with Crippen molar-refractivity contribution in [1.29, 1.82) is 5.26 Å². The van der Waals surface area contributed by atoms with Crippen molar-refractivity contribution < 1.29 is 0 Å². The smallest absolute Gasteiger partial charge is 0.0992 e. The maximum atomic E-state index is 8.64. The number of rotatable bonds is 0. The van der Waals surface area contributed by atoms with Gasteiger partial charge in [0.2, 0.25) is 0 Å². The summed E-state index contributed by atoms with van der Waals surface area (Å²) < 4.78 is 0. The molecule has 0 aliphatic rings. The summed E-state index contributed by atoms with van der Waals surface area (Å²) >= 11 is 0. The second-order valence-corrected chi connectivity index (χ2v) is 2.87. The molecule has 0 saturated carbocycles. The molecule has 0 aliphatic carbocycles. The largest absolute Gasteiger partial charge is 0.359 e. The summed E-state index contributed by atoms with van der Waals surface area (Å²) in [6.45, 7) is 6.01. The van der Waals surface area contributed by atoms with Gasteiger partial charge in [0.05, 0.1) is 11.6 Å². The van der Waals surface area contributed by atoms with E-state index in [1.54, 1.807) is 0 Å². The van der Waals surface area contributed by atoms with Crippen LogP contribution in [0.1, 0.15) is 25.1 Å². The minimum absolute atomic E-state index is 0.698. The number of H-pyrrole nitrogens is 1. The van der Waals surface area contributed by atoms with Crippen molar-refractivity contribution in [1.82, 2.24) is 4.98 Å². The number of nitrogens with zero attached hydrogens (tertiary/aromatic N) is 1. The van der Waals surface area contributed by atoms with Crippen molar-refractivity contribution in [2.24, 2.45) is 0 Å². The summed E-state index contributed by atoms with van der Waals surface area (Å²) in [5.41, 5.74) is 2.86. The van der Waals surface area contributed by atoms with Crippen LogP contribution < -0.4 is 0 Å². The lowest BCUT2D eigenvalue weighted by molar-refractivity contribution is 1.30. The third-order valence-corrected chi connectivity index (χ3v) is 1.89. The van der Waals surface area contributed by atoms with Crippen molar-refractivity contribution in [3.05, 3.63) is 35.5 Å². The summed E-state index contributed by atoms with van der Waals surface area (Å²) in [4.78, 5) is 3.18. The maximum Gasteiger partial charge on any atom is 0.0992 e. The molecule has 1 heterocycles. The van der Waals surface area contributed by atoms with Crippen LogP contribution in [0.15, 0.2) is 24.3 Å². The Balaban J connectivity index is 0.000000461. The van der Waals surface area contributed by atoms with Gasteiger partial charge in [0.25, 0.3) is 0 Å². The number of aromatic nitrogens is 1. The van der Waals surface area contributed by atoms with E-state index in [-0.39, 0.29) is 0 Å². The van der Waals surface area contributed by atoms with Gasteiger partial charge in [-0.05, 0) is 30.5 Å². The molecule has 1 aromatic heterocycles. The van der Waals surface area contributed by atoms with Crippen LogP contribution in [0.25, 0.3) is 10.9 Å². The van der Waals surface area contributed by atoms with E-state index in [1.807, 2.05) is 39.0 Å². The molecule has 0 amide bonds. The van der Waals surface area contributed by atoms with Crippen molar-refractivity contribution >= 4 is 10.9 Å². The van der Waals surface area contributed by atoms with Crippen LogP contribution >= 0.6 is 0 Å². The summed E-state index contributed by atoms with van der Waals surface area (Å²) in [7, 11) is 0. The van der Waals surface area contributed by atoms with E-state index in [4.69, 9.17) is 5.26 Å². The highest BCUT2D eigenvalue weighted by Crippen LogP contribution is 2.15. The Hall–Kier alpha value is -1.75. The van der Waals surface area contributed by atoms with Gasteiger partial charge in [0.15, 0.2) is 0 Å². The molecule has 14 heavy (non-hydrogen) atoms. The lowest BCUT2D eigenvalue weighted by atomic mass is 10.2. The fraction of sp³-hybridized carbons (Fsp3) is 0.250. The Morgan fingerprint density at radius 1 is 1.21 bits per heavy atom. The molecule has 1 N–H and O–H groups in total. The topological polar surface area (TPSA) is 39.6 Å². The van der Waals surface area contributed by atoms with Crippen LogP contribution in [0.5, 0.6) is 0 Å². The highest BCUT2D eigenvalue weighted by Gasteiger charge is 1.97. The molecule has 0 unspecified atom stereocenters. The summed E-state index contributed by atoms with van der Waals surface area (Å²) in [6.07, 6.45) is 0. The number of nitrogens with one attached hydrogen (secondary N) is 1. The van der Waals surface area contributed by atoms with Crippen molar-refractivity contribution in [2.75, 3.05) is 0 Å². The first-order valence-electron chi connectivity index (χ1n) is 4.79. The highest BCUT2D eigenvalue weighted by molar-refractivity contribution is 5.81. The van der Waals surface area contributed by atoms with Gasteiger partial charge in [-0.1, -0.05) is 19.9 Å².